The Morgan fingerprint density at radius 3 is 2.25 bits per heavy atom. The minimum atomic E-state index is 0.811. The topological polar surface area (TPSA) is 12.0 Å². The van der Waals surface area contributed by atoms with Gasteiger partial charge in [0.15, 0.2) is 0 Å². The van der Waals surface area contributed by atoms with E-state index >= 15 is 0 Å². The Kier molecular flexibility index (Phi) is 7.11. The first-order valence-electron chi connectivity index (χ1n) is 7.49. The van der Waals surface area contributed by atoms with Crippen LogP contribution in [0.1, 0.15) is 72.1 Å². The predicted octanol–water partition coefficient (Wildman–Crippen LogP) is 4.37. The van der Waals surface area contributed by atoms with E-state index in [1.807, 2.05) is 0 Å². The number of hydrogen-bond donors (Lipinski definition) is 1. The van der Waals surface area contributed by atoms with Gasteiger partial charge in [-0.2, -0.15) is 0 Å². The van der Waals surface area contributed by atoms with Crippen LogP contribution in [0.5, 0.6) is 0 Å². The van der Waals surface area contributed by atoms with Crippen LogP contribution in [0.15, 0.2) is 0 Å². The van der Waals surface area contributed by atoms with Crippen molar-refractivity contribution < 1.29 is 0 Å². The molecule has 0 saturated heterocycles. The molecule has 0 aromatic heterocycles. The van der Waals surface area contributed by atoms with E-state index < -0.39 is 0 Å². The zero-order chi connectivity index (χ0) is 11.8. The maximum atomic E-state index is 3.75. The van der Waals surface area contributed by atoms with Crippen molar-refractivity contribution in [3.8, 4) is 0 Å². The molecule has 1 nitrogen and oxygen atoms in total. The van der Waals surface area contributed by atoms with Crippen molar-refractivity contribution in [1.29, 1.82) is 0 Å². The quantitative estimate of drug-likeness (QED) is 0.605. The van der Waals surface area contributed by atoms with Crippen LogP contribution in [0.4, 0.5) is 0 Å². The van der Waals surface area contributed by atoms with E-state index in [0.717, 1.165) is 17.9 Å². The number of hydrogen-bond acceptors (Lipinski definition) is 1. The van der Waals surface area contributed by atoms with Gasteiger partial charge >= 0.3 is 0 Å². The molecule has 1 saturated carbocycles. The molecule has 0 bridgehead atoms. The van der Waals surface area contributed by atoms with Gasteiger partial charge < -0.3 is 5.32 Å². The van der Waals surface area contributed by atoms with Crippen molar-refractivity contribution in [2.45, 2.75) is 78.2 Å². The average molecular weight is 225 g/mol. The lowest BCUT2D eigenvalue weighted by atomic mass is 9.98. The van der Waals surface area contributed by atoms with E-state index in [2.05, 4.69) is 26.1 Å². The summed E-state index contributed by atoms with van der Waals surface area (Å²) < 4.78 is 0. The molecule has 16 heavy (non-hydrogen) atoms. The summed E-state index contributed by atoms with van der Waals surface area (Å²) in [7, 11) is 0. The zero-order valence-corrected chi connectivity index (χ0v) is 11.6. The van der Waals surface area contributed by atoms with Gasteiger partial charge in [-0.05, 0) is 37.6 Å². The van der Waals surface area contributed by atoms with Gasteiger partial charge in [0, 0.05) is 6.04 Å². The van der Waals surface area contributed by atoms with Gasteiger partial charge in [0.1, 0.15) is 0 Å². The molecule has 1 aliphatic rings. The molecule has 1 N–H and O–H groups in total. The molecule has 1 heteroatoms. The largest absolute Gasteiger partial charge is 0.314 e. The third-order valence-corrected chi connectivity index (χ3v) is 4.40. The van der Waals surface area contributed by atoms with Gasteiger partial charge in [0.2, 0.25) is 0 Å². The lowest BCUT2D eigenvalue weighted by Crippen LogP contribution is -2.33. The molecule has 3 unspecified atom stereocenters. The Labute approximate surface area is 102 Å². The summed E-state index contributed by atoms with van der Waals surface area (Å²) in [6, 6.07) is 0.811. The highest BCUT2D eigenvalue weighted by Crippen LogP contribution is 2.30. The van der Waals surface area contributed by atoms with Crippen molar-refractivity contribution in [1.82, 2.24) is 5.32 Å². The van der Waals surface area contributed by atoms with Crippen LogP contribution >= 0.6 is 0 Å². The molecule has 0 heterocycles. The minimum Gasteiger partial charge on any atom is -0.314 e. The van der Waals surface area contributed by atoms with Crippen LogP contribution in [0.25, 0.3) is 0 Å². The Bertz CT molecular complexity index is 167. The second-order valence-corrected chi connectivity index (χ2v) is 5.74. The van der Waals surface area contributed by atoms with Gasteiger partial charge in [-0.1, -0.05) is 52.9 Å². The molecule has 1 aliphatic carbocycles. The van der Waals surface area contributed by atoms with Crippen LogP contribution in [-0.2, 0) is 0 Å². The smallest absolute Gasteiger partial charge is 0.00953 e. The van der Waals surface area contributed by atoms with Crippen LogP contribution in [0.2, 0.25) is 0 Å². The number of unbranched alkanes of at least 4 members (excludes halogenated alkanes) is 5. The fraction of sp³-hybridized carbons (Fsp3) is 1.00. The van der Waals surface area contributed by atoms with Crippen LogP contribution in [0, 0.1) is 11.8 Å². The summed E-state index contributed by atoms with van der Waals surface area (Å²) >= 11 is 0. The van der Waals surface area contributed by atoms with Crippen molar-refractivity contribution in [3.63, 3.8) is 0 Å². The highest BCUT2D eigenvalue weighted by atomic mass is 14.9. The van der Waals surface area contributed by atoms with Gasteiger partial charge in [0.05, 0.1) is 0 Å². The molecular formula is C15H31N. The molecule has 0 radical (unpaired) electrons. The van der Waals surface area contributed by atoms with E-state index in [1.54, 1.807) is 0 Å². The third kappa shape index (κ3) is 4.86. The maximum absolute atomic E-state index is 3.75. The fourth-order valence-corrected chi connectivity index (χ4v) is 2.85. The van der Waals surface area contributed by atoms with Crippen LogP contribution < -0.4 is 5.32 Å². The summed E-state index contributed by atoms with van der Waals surface area (Å²) in [5.74, 6) is 1.82. The molecule has 0 aliphatic heterocycles. The zero-order valence-electron chi connectivity index (χ0n) is 11.6. The third-order valence-electron chi connectivity index (χ3n) is 4.40. The molecule has 1 fully saturated rings. The summed E-state index contributed by atoms with van der Waals surface area (Å²) in [6.07, 6.45) is 11.3. The van der Waals surface area contributed by atoms with Crippen molar-refractivity contribution >= 4 is 0 Å². The molecule has 0 aromatic carbocycles. The van der Waals surface area contributed by atoms with Gasteiger partial charge in [0.25, 0.3) is 0 Å². The van der Waals surface area contributed by atoms with Gasteiger partial charge in [-0.25, -0.2) is 0 Å². The lowest BCUT2D eigenvalue weighted by molar-refractivity contribution is 0.367. The van der Waals surface area contributed by atoms with E-state index in [-0.39, 0.29) is 0 Å². The van der Waals surface area contributed by atoms with E-state index in [4.69, 9.17) is 0 Å². The number of nitrogens with one attached hydrogen (secondary N) is 1. The van der Waals surface area contributed by atoms with E-state index in [1.165, 1.54) is 57.9 Å². The molecule has 96 valence electrons. The number of rotatable bonds is 8. The second-order valence-electron chi connectivity index (χ2n) is 5.74. The molecule has 1 rings (SSSR count). The molecular weight excluding hydrogens is 194 g/mol. The Balaban J connectivity index is 1.91. The Morgan fingerprint density at radius 1 is 0.938 bits per heavy atom. The molecule has 3 atom stereocenters. The Morgan fingerprint density at radius 2 is 1.62 bits per heavy atom. The Hall–Kier alpha value is -0.0400. The highest BCUT2D eigenvalue weighted by molar-refractivity contribution is 4.84. The minimum absolute atomic E-state index is 0.811. The molecule has 0 amide bonds. The van der Waals surface area contributed by atoms with Gasteiger partial charge in [-0.15, -0.1) is 0 Å². The van der Waals surface area contributed by atoms with Crippen molar-refractivity contribution in [2.75, 3.05) is 6.54 Å². The molecule has 0 aromatic rings. The van der Waals surface area contributed by atoms with Crippen LogP contribution in [0.3, 0.4) is 0 Å². The van der Waals surface area contributed by atoms with Crippen LogP contribution in [-0.4, -0.2) is 12.6 Å². The first-order chi connectivity index (χ1) is 7.75. The normalized spacial score (nSPS) is 29.8. The summed E-state index contributed by atoms with van der Waals surface area (Å²) in [5, 5.41) is 3.75. The SMILES string of the molecule is CCCCCCCCNC1CCC(C)C1C. The van der Waals surface area contributed by atoms with E-state index in [9.17, 15) is 0 Å². The van der Waals surface area contributed by atoms with E-state index in [0.29, 0.717) is 0 Å². The average Bonchev–Trinajstić information content (AvgIpc) is 2.59. The first kappa shape index (κ1) is 14.0. The lowest BCUT2D eigenvalue weighted by Gasteiger charge is -2.19. The molecule has 0 spiro atoms. The monoisotopic (exact) mass is 225 g/mol. The summed E-state index contributed by atoms with van der Waals surface area (Å²) in [6.45, 7) is 8.34. The maximum Gasteiger partial charge on any atom is 0.00953 e. The first-order valence-corrected chi connectivity index (χ1v) is 7.49. The standard InChI is InChI=1S/C15H31N/c1-4-5-6-7-8-9-12-16-15-11-10-13(2)14(15)3/h13-16H,4-12H2,1-3H3. The summed E-state index contributed by atoms with van der Waals surface area (Å²) in [4.78, 5) is 0. The summed E-state index contributed by atoms with van der Waals surface area (Å²) in [5.41, 5.74) is 0. The second kappa shape index (κ2) is 8.11. The van der Waals surface area contributed by atoms with Crippen molar-refractivity contribution in [3.05, 3.63) is 0 Å². The highest BCUT2D eigenvalue weighted by Gasteiger charge is 2.28. The predicted molar refractivity (Wildman–Crippen MR) is 72.7 cm³/mol. The fourth-order valence-electron chi connectivity index (χ4n) is 2.85. The van der Waals surface area contributed by atoms with Gasteiger partial charge in [-0.3, -0.25) is 0 Å². The van der Waals surface area contributed by atoms with Crippen molar-refractivity contribution in [2.24, 2.45) is 11.8 Å².